The largest absolute Gasteiger partial charge is 0.497 e. The molecule has 2 amide bonds. The van der Waals surface area contributed by atoms with Crippen LogP contribution < -0.4 is 25.8 Å². The number of fused-ring (bicyclic) bond motifs is 1. The second-order valence-corrected chi connectivity index (χ2v) is 6.07. The van der Waals surface area contributed by atoms with Crippen molar-refractivity contribution in [3.05, 3.63) is 53.6 Å². The quantitative estimate of drug-likeness (QED) is 0.719. The number of rotatable bonds is 6. The van der Waals surface area contributed by atoms with Crippen LogP contribution in [0.2, 0.25) is 0 Å². The highest BCUT2D eigenvalue weighted by Gasteiger charge is 2.28. The van der Waals surface area contributed by atoms with E-state index in [0.717, 1.165) is 11.3 Å². The molecule has 1 heterocycles. The summed E-state index contributed by atoms with van der Waals surface area (Å²) < 4.78 is 10.4. The second kappa shape index (κ2) is 7.96. The van der Waals surface area contributed by atoms with E-state index in [0.29, 0.717) is 17.0 Å². The van der Waals surface area contributed by atoms with Crippen LogP contribution in [0.1, 0.15) is 28.9 Å². The Labute approximate surface area is 157 Å². The molecule has 3 rings (SSSR count). The van der Waals surface area contributed by atoms with E-state index in [2.05, 4.69) is 16.3 Å². The van der Waals surface area contributed by atoms with Gasteiger partial charge in [-0.2, -0.15) is 0 Å². The van der Waals surface area contributed by atoms with Crippen molar-refractivity contribution in [1.29, 1.82) is 0 Å². The van der Waals surface area contributed by atoms with E-state index in [1.807, 2.05) is 31.2 Å². The SMILES string of the molecule is COc1ccc([C@H](C)NC(=O)CN2NNc3c(OC)cccc3C2=O)cc1. The molecule has 1 atom stereocenters. The Morgan fingerprint density at radius 1 is 1.15 bits per heavy atom. The summed E-state index contributed by atoms with van der Waals surface area (Å²) in [5, 5.41) is 4.10. The number of nitrogens with zero attached hydrogens (tertiary/aromatic N) is 1. The third-order valence-electron chi connectivity index (χ3n) is 4.33. The predicted octanol–water partition coefficient (Wildman–Crippen LogP) is 1.87. The number of benzene rings is 2. The summed E-state index contributed by atoms with van der Waals surface area (Å²) in [6, 6.07) is 12.4. The van der Waals surface area contributed by atoms with Gasteiger partial charge in [0.25, 0.3) is 5.91 Å². The molecule has 0 saturated carbocycles. The number of hydrogen-bond acceptors (Lipinski definition) is 6. The van der Waals surface area contributed by atoms with Gasteiger partial charge in [0.05, 0.1) is 25.8 Å². The third-order valence-corrected chi connectivity index (χ3v) is 4.33. The van der Waals surface area contributed by atoms with Gasteiger partial charge in [0.15, 0.2) is 0 Å². The maximum atomic E-state index is 12.6. The van der Waals surface area contributed by atoms with Crippen molar-refractivity contribution in [2.24, 2.45) is 0 Å². The normalized spacial score (nSPS) is 14.0. The van der Waals surface area contributed by atoms with E-state index in [-0.39, 0.29) is 24.4 Å². The number of para-hydroxylation sites is 1. The van der Waals surface area contributed by atoms with Crippen molar-refractivity contribution < 1.29 is 19.1 Å². The van der Waals surface area contributed by atoms with E-state index < -0.39 is 0 Å². The lowest BCUT2D eigenvalue weighted by Crippen LogP contribution is -2.53. The van der Waals surface area contributed by atoms with Gasteiger partial charge in [-0.1, -0.05) is 18.2 Å². The van der Waals surface area contributed by atoms with Gasteiger partial charge in [0.2, 0.25) is 5.91 Å². The number of anilines is 1. The minimum Gasteiger partial charge on any atom is -0.497 e. The number of hydrogen-bond donors (Lipinski definition) is 3. The van der Waals surface area contributed by atoms with Gasteiger partial charge in [0, 0.05) is 0 Å². The van der Waals surface area contributed by atoms with Gasteiger partial charge in [-0.25, -0.2) is 5.01 Å². The molecular weight excluding hydrogens is 348 g/mol. The molecule has 0 aromatic heterocycles. The smallest absolute Gasteiger partial charge is 0.272 e. The predicted molar refractivity (Wildman–Crippen MR) is 100 cm³/mol. The van der Waals surface area contributed by atoms with E-state index in [1.165, 1.54) is 12.1 Å². The van der Waals surface area contributed by atoms with Crippen LogP contribution in [-0.2, 0) is 4.79 Å². The highest BCUT2D eigenvalue weighted by Crippen LogP contribution is 2.30. The molecular formula is C19H22N4O4. The lowest BCUT2D eigenvalue weighted by atomic mass is 10.1. The minimum atomic E-state index is -0.310. The van der Waals surface area contributed by atoms with Crippen LogP contribution in [0.15, 0.2) is 42.5 Å². The summed E-state index contributed by atoms with van der Waals surface area (Å²) in [7, 11) is 3.13. The fraction of sp³-hybridized carbons (Fsp3) is 0.263. The average Bonchev–Trinajstić information content (AvgIpc) is 2.69. The lowest BCUT2D eigenvalue weighted by molar-refractivity contribution is -0.123. The van der Waals surface area contributed by atoms with Crippen LogP contribution in [-0.4, -0.2) is 37.6 Å². The van der Waals surface area contributed by atoms with Crippen molar-refractivity contribution in [3.63, 3.8) is 0 Å². The Morgan fingerprint density at radius 3 is 2.56 bits per heavy atom. The first-order chi connectivity index (χ1) is 13.0. The van der Waals surface area contributed by atoms with Gasteiger partial charge >= 0.3 is 0 Å². The van der Waals surface area contributed by atoms with Crippen molar-refractivity contribution in [1.82, 2.24) is 15.9 Å². The minimum absolute atomic E-state index is 0.136. The van der Waals surface area contributed by atoms with Gasteiger partial charge in [0.1, 0.15) is 23.7 Å². The van der Waals surface area contributed by atoms with Crippen LogP contribution in [0.25, 0.3) is 0 Å². The molecule has 142 valence electrons. The average molecular weight is 370 g/mol. The molecule has 0 aliphatic carbocycles. The molecule has 8 nitrogen and oxygen atoms in total. The first-order valence-electron chi connectivity index (χ1n) is 8.47. The summed E-state index contributed by atoms with van der Waals surface area (Å²) in [5.41, 5.74) is 7.56. The number of nitrogens with one attached hydrogen (secondary N) is 3. The van der Waals surface area contributed by atoms with Gasteiger partial charge in [-0.05, 0) is 36.8 Å². The zero-order valence-corrected chi connectivity index (χ0v) is 15.4. The monoisotopic (exact) mass is 370 g/mol. The Bertz CT molecular complexity index is 838. The molecule has 0 bridgehead atoms. The summed E-state index contributed by atoms with van der Waals surface area (Å²) in [4.78, 5) is 25.0. The van der Waals surface area contributed by atoms with E-state index in [1.54, 1.807) is 25.3 Å². The topological polar surface area (TPSA) is 91.9 Å². The molecule has 0 radical (unpaired) electrons. The number of ether oxygens (including phenoxy) is 2. The maximum absolute atomic E-state index is 12.6. The Hall–Kier alpha value is -3.26. The van der Waals surface area contributed by atoms with E-state index >= 15 is 0 Å². The van der Waals surface area contributed by atoms with Crippen molar-refractivity contribution in [2.75, 3.05) is 26.2 Å². The van der Waals surface area contributed by atoms with E-state index in [4.69, 9.17) is 9.47 Å². The molecule has 2 aromatic rings. The molecule has 0 fully saturated rings. The van der Waals surface area contributed by atoms with Gasteiger partial charge in [-0.15, -0.1) is 5.53 Å². The second-order valence-electron chi connectivity index (χ2n) is 6.07. The fourth-order valence-corrected chi connectivity index (χ4v) is 2.85. The number of methoxy groups -OCH3 is 2. The number of carbonyl (C=O) groups is 2. The Morgan fingerprint density at radius 2 is 1.89 bits per heavy atom. The van der Waals surface area contributed by atoms with Crippen LogP contribution in [0.3, 0.4) is 0 Å². The molecule has 8 heteroatoms. The first kappa shape index (κ1) is 18.5. The van der Waals surface area contributed by atoms with Gasteiger partial charge in [-0.3, -0.25) is 15.0 Å². The van der Waals surface area contributed by atoms with Crippen molar-refractivity contribution in [2.45, 2.75) is 13.0 Å². The molecule has 2 aromatic carbocycles. The Kier molecular flexibility index (Phi) is 5.46. The molecule has 0 spiro atoms. The third kappa shape index (κ3) is 3.95. The zero-order valence-electron chi connectivity index (χ0n) is 15.4. The molecule has 1 aliphatic rings. The molecule has 0 unspecified atom stereocenters. The highest BCUT2D eigenvalue weighted by atomic mass is 16.5. The fourth-order valence-electron chi connectivity index (χ4n) is 2.85. The van der Waals surface area contributed by atoms with Crippen molar-refractivity contribution in [3.8, 4) is 11.5 Å². The zero-order chi connectivity index (χ0) is 19.4. The number of hydrazine groups is 2. The molecule has 3 N–H and O–H groups in total. The number of amides is 2. The van der Waals surface area contributed by atoms with Crippen LogP contribution in [0, 0.1) is 0 Å². The lowest BCUT2D eigenvalue weighted by Gasteiger charge is -2.30. The summed E-state index contributed by atoms with van der Waals surface area (Å²) in [5.74, 6) is 0.702. The van der Waals surface area contributed by atoms with Gasteiger partial charge < -0.3 is 14.8 Å². The summed E-state index contributed by atoms with van der Waals surface area (Å²) in [6.07, 6.45) is 0. The first-order valence-corrected chi connectivity index (χ1v) is 8.47. The molecule has 1 aliphatic heterocycles. The highest BCUT2D eigenvalue weighted by molar-refractivity contribution is 6.03. The summed E-state index contributed by atoms with van der Waals surface area (Å²) >= 11 is 0. The van der Waals surface area contributed by atoms with Crippen LogP contribution in [0.4, 0.5) is 5.69 Å². The van der Waals surface area contributed by atoms with Crippen LogP contribution >= 0.6 is 0 Å². The molecule has 0 saturated heterocycles. The summed E-state index contributed by atoms with van der Waals surface area (Å²) in [6.45, 7) is 1.74. The van der Waals surface area contributed by atoms with Crippen LogP contribution in [0.5, 0.6) is 11.5 Å². The Balaban J connectivity index is 1.63. The van der Waals surface area contributed by atoms with E-state index in [9.17, 15) is 9.59 Å². The van der Waals surface area contributed by atoms with Crippen molar-refractivity contribution >= 4 is 17.5 Å². The molecule has 27 heavy (non-hydrogen) atoms. The maximum Gasteiger partial charge on any atom is 0.272 e. The number of carbonyl (C=O) groups excluding carboxylic acids is 2. The standard InChI is InChI=1S/C19H22N4O4/c1-12(13-7-9-14(26-2)10-8-13)20-17(24)11-23-19(25)15-5-4-6-16(27-3)18(15)21-22-23/h4-10,12,21-22H,11H2,1-3H3,(H,20,24)/t12-/m0/s1.